The van der Waals surface area contributed by atoms with Gasteiger partial charge in [0, 0.05) is 11.7 Å². The van der Waals surface area contributed by atoms with Crippen LogP contribution < -0.4 is 5.73 Å². The van der Waals surface area contributed by atoms with E-state index in [0.29, 0.717) is 5.92 Å². The minimum Gasteiger partial charge on any atom is -0.328 e. The fourth-order valence-electron chi connectivity index (χ4n) is 1.63. The van der Waals surface area contributed by atoms with Crippen LogP contribution in [0, 0.1) is 6.92 Å². The first-order valence-electron chi connectivity index (χ1n) is 5.31. The van der Waals surface area contributed by atoms with Crippen LogP contribution in [-0.2, 0) is 6.42 Å². The van der Waals surface area contributed by atoms with Crippen molar-refractivity contribution >= 4 is 0 Å². The first-order chi connectivity index (χ1) is 6.52. The molecule has 1 atom stereocenters. The van der Waals surface area contributed by atoms with Crippen LogP contribution in [-0.4, -0.2) is 16.2 Å². The number of nitrogens with one attached hydrogen (secondary N) is 1. The lowest BCUT2D eigenvalue weighted by atomic mass is 10.0. The summed E-state index contributed by atoms with van der Waals surface area (Å²) in [5.41, 5.74) is 9.46. The molecule has 14 heavy (non-hydrogen) atoms. The van der Waals surface area contributed by atoms with E-state index >= 15 is 0 Å². The number of rotatable bonds is 4. The highest BCUT2D eigenvalue weighted by atomic mass is 15.1. The lowest BCUT2D eigenvalue weighted by molar-refractivity contribution is 0.655. The fraction of sp³-hybridized carbons (Fsp3) is 0.727. The number of aryl methyl sites for hydroxylation is 1. The van der Waals surface area contributed by atoms with Gasteiger partial charge in [0.15, 0.2) is 0 Å². The van der Waals surface area contributed by atoms with Gasteiger partial charge in [-0.05, 0) is 38.2 Å². The van der Waals surface area contributed by atoms with E-state index in [2.05, 4.69) is 31.0 Å². The van der Waals surface area contributed by atoms with Crippen LogP contribution in [0.4, 0.5) is 0 Å². The molecular formula is C11H21N3. The quantitative estimate of drug-likeness (QED) is 0.773. The second kappa shape index (κ2) is 4.60. The maximum absolute atomic E-state index is 5.72. The van der Waals surface area contributed by atoms with E-state index in [1.54, 1.807) is 0 Å². The molecule has 1 heterocycles. The molecule has 1 rings (SSSR count). The minimum absolute atomic E-state index is 0.264. The van der Waals surface area contributed by atoms with Gasteiger partial charge in [-0.3, -0.25) is 5.10 Å². The van der Waals surface area contributed by atoms with Crippen LogP contribution in [0.5, 0.6) is 0 Å². The van der Waals surface area contributed by atoms with Crippen molar-refractivity contribution in [3.8, 4) is 0 Å². The summed E-state index contributed by atoms with van der Waals surface area (Å²) in [5.74, 6) is 0.496. The Balaban J connectivity index is 2.70. The van der Waals surface area contributed by atoms with Crippen molar-refractivity contribution < 1.29 is 0 Å². The Kier molecular flexibility index (Phi) is 3.69. The third-order valence-corrected chi connectivity index (χ3v) is 2.54. The normalized spacial score (nSPS) is 13.6. The summed E-state index contributed by atoms with van der Waals surface area (Å²) in [4.78, 5) is 0. The molecule has 0 saturated heterocycles. The van der Waals surface area contributed by atoms with Gasteiger partial charge >= 0.3 is 0 Å². The minimum atomic E-state index is 0.264. The van der Waals surface area contributed by atoms with E-state index in [9.17, 15) is 0 Å². The molecule has 0 amide bonds. The van der Waals surface area contributed by atoms with Crippen LogP contribution in [0.2, 0.25) is 0 Å². The Hall–Kier alpha value is -0.830. The molecule has 0 aliphatic carbocycles. The Morgan fingerprint density at radius 3 is 2.43 bits per heavy atom. The number of aromatic amines is 1. The average molecular weight is 195 g/mol. The summed E-state index contributed by atoms with van der Waals surface area (Å²) < 4.78 is 0. The maximum atomic E-state index is 5.72. The summed E-state index contributed by atoms with van der Waals surface area (Å²) in [6, 6.07) is 0.264. The molecule has 0 fully saturated rings. The van der Waals surface area contributed by atoms with Crippen molar-refractivity contribution in [2.75, 3.05) is 0 Å². The summed E-state index contributed by atoms with van der Waals surface area (Å²) in [6.45, 7) is 8.50. The second-order valence-corrected chi connectivity index (χ2v) is 4.38. The van der Waals surface area contributed by atoms with Crippen molar-refractivity contribution in [2.45, 2.75) is 52.5 Å². The van der Waals surface area contributed by atoms with Gasteiger partial charge in [0.1, 0.15) is 0 Å². The molecule has 3 nitrogen and oxygen atoms in total. The van der Waals surface area contributed by atoms with Crippen LogP contribution in [0.15, 0.2) is 0 Å². The van der Waals surface area contributed by atoms with E-state index < -0.39 is 0 Å². The Morgan fingerprint density at radius 1 is 1.36 bits per heavy atom. The largest absolute Gasteiger partial charge is 0.328 e. The monoisotopic (exact) mass is 195 g/mol. The SMILES string of the molecule is Cc1c(C(C)C)n[nH]c1CCC(C)N. The predicted octanol–water partition coefficient (Wildman–Crippen LogP) is 2.12. The highest BCUT2D eigenvalue weighted by Gasteiger charge is 2.11. The molecule has 1 unspecified atom stereocenters. The molecule has 0 radical (unpaired) electrons. The van der Waals surface area contributed by atoms with Gasteiger partial charge < -0.3 is 5.73 Å². The Bertz CT molecular complexity index is 287. The number of hydrogen-bond acceptors (Lipinski definition) is 2. The summed E-state index contributed by atoms with van der Waals surface area (Å²) in [6.07, 6.45) is 2.02. The van der Waals surface area contributed by atoms with E-state index in [1.807, 2.05) is 6.92 Å². The van der Waals surface area contributed by atoms with E-state index in [4.69, 9.17) is 5.73 Å². The molecule has 0 spiro atoms. The van der Waals surface area contributed by atoms with E-state index in [1.165, 1.54) is 17.0 Å². The van der Waals surface area contributed by atoms with Crippen molar-refractivity contribution in [3.63, 3.8) is 0 Å². The summed E-state index contributed by atoms with van der Waals surface area (Å²) in [7, 11) is 0. The summed E-state index contributed by atoms with van der Waals surface area (Å²) in [5, 5.41) is 7.43. The second-order valence-electron chi connectivity index (χ2n) is 4.38. The Labute approximate surface area is 86.1 Å². The van der Waals surface area contributed by atoms with Gasteiger partial charge in [-0.2, -0.15) is 5.10 Å². The maximum Gasteiger partial charge on any atom is 0.0679 e. The molecule has 3 N–H and O–H groups in total. The molecule has 0 bridgehead atoms. The van der Waals surface area contributed by atoms with Crippen LogP contribution in [0.25, 0.3) is 0 Å². The standard InChI is InChI=1S/C11H21N3/c1-7(2)11-9(4)10(13-14-11)6-5-8(3)12/h7-8H,5-6,12H2,1-4H3,(H,13,14). The third-order valence-electron chi connectivity index (χ3n) is 2.54. The number of nitrogens with zero attached hydrogens (tertiary/aromatic N) is 1. The van der Waals surface area contributed by atoms with Crippen LogP contribution >= 0.6 is 0 Å². The lowest BCUT2D eigenvalue weighted by Gasteiger charge is -2.04. The van der Waals surface area contributed by atoms with Crippen molar-refractivity contribution in [1.82, 2.24) is 10.2 Å². The smallest absolute Gasteiger partial charge is 0.0679 e. The molecule has 1 aromatic heterocycles. The van der Waals surface area contributed by atoms with Crippen molar-refractivity contribution in [3.05, 3.63) is 17.0 Å². The highest BCUT2D eigenvalue weighted by molar-refractivity contribution is 5.25. The van der Waals surface area contributed by atoms with Crippen molar-refractivity contribution in [2.24, 2.45) is 5.73 Å². The number of hydrogen-bond donors (Lipinski definition) is 2. The first kappa shape index (κ1) is 11.2. The Morgan fingerprint density at radius 2 is 2.00 bits per heavy atom. The molecule has 0 aromatic carbocycles. The van der Waals surface area contributed by atoms with E-state index in [0.717, 1.165) is 12.8 Å². The molecule has 3 heteroatoms. The number of aromatic nitrogens is 2. The highest BCUT2D eigenvalue weighted by Crippen LogP contribution is 2.19. The van der Waals surface area contributed by atoms with Crippen molar-refractivity contribution in [1.29, 1.82) is 0 Å². The zero-order valence-corrected chi connectivity index (χ0v) is 9.59. The zero-order chi connectivity index (χ0) is 10.7. The molecule has 0 aliphatic rings. The van der Waals surface area contributed by atoms with Gasteiger partial charge in [-0.15, -0.1) is 0 Å². The van der Waals surface area contributed by atoms with Gasteiger partial charge in [-0.1, -0.05) is 13.8 Å². The van der Waals surface area contributed by atoms with Gasteiger partial charge in [0.25, 0.3) is 0 Å². The number of nitrogens with two attached hydrogens (primary N) is 1. The van der Waals surface area contributed by atoms with Crippen LogP contribution in [0.3, 0.4) is 0 Å². The molecular weight excluding hydrogens is 174 g/mol. The molecule has 1 aromatic rings. The fourth-order valence-corrected chi connectivity index (χ4v) is 1.63. The van der Waals surface area contributed by atoms with Gasteiger partial charge in [0.05, 0.1) is 5.69 Å². The topological polar surface area (TPSA) is 54.7 Å². The molecule has 80 valence electrons. The third kappa shape index (κ3) is 2.58. The zero-order valence-electron chi connectivity index (χ0n) is 9.59. The van der Waals surface area contributed by atoms with Gasteiger partial charge in [-0.25, -0.2) is 0 Å². The first-order valence-corrected chi connectivity index (χ1v) is 5.31. The summed E-state index contributed by atoms with van der Waals surface area (Å²) >= 11 is 0. The lowest BCUT2D eigenvalue weighted by Crippen LogP contribution is -2.15. The molecule has 0 aliphatic heterocycles. The van der Waals surface area contributed by atoms with Crippen LogP contribution in [0.1, 0.15) is 50.1 Å². The number of H-pyrrole nitrogens is 1. The molecule has 0 saturated carbocycles. The average Bonchev–Trinajstić information content (AvgIpc) is 2.43. The van der Waals surface area contributed by atoms with E-state index in [-0.39, 0.29) is 6.04 Å². The van der Waals surface area contributed by atoms with Gasteiger partial charge in [0.2, 0.25) is 0 Å². The predicted molar refractivity (Wildman–Crippen MR) is 59.4 cm³/mol.